The second-order valence-corrected chi connectivity index (χ2v) is 3.91. The van der Waals surface area contributed by atoms with Crippen LogP contribution in [0.3, 0.4) is 0 Å². The lowest BCUT2D eigenvalue weighted by Gasteiger charge is -2.05. The van der Waals surface area contributed by atoms with E-state index in [4.69, 9.17) is 22.1 Å². The van der Waals surface area contributed by atoms with Crippen LogP contribution in [0.15, 0.2) is 18.2 Å². The largest absolute Gasteiger partial charge is 0.417 e. The Morgan fingerprint density at radius 2 is 2.11 bits per heavy atom. The van der Waals surface area contributed by atoms with E-state index in [-0.39, 0.29) is 28.7 Å². The molecular weight excluding hydrogens is 274 g/mol. The number of aromatic nitrogens is 3. The number of nitrogen functional groups attached to an aromatic ring is 1. The van der Waals surface area contributed by atoms with Gasteiger partial charge in [-0.1, -0.05) is 6.07 Å². The molecule has 2 N–H and O–H groups in total. The summed E-state index contributed by atoms with van der Waals surface area (Å²) in [5, 5.41) is 10.7. The first kappa shape index (κ1) is 13.0. The Bertz CT molecular complexity index is 629. The standard InChI is InChI=1S/C10H8ClN5O3/c1-5-2-3-6(16(17)18)7(4-5)19-10-14-8(11)13-9(12)15-10/h2-4H,1H3,(H2,12,13,14,15). The fraction of sp³-hybridized carbons (Fsp3) is 0.100. The number of nitrogens with zero attached hydrogens (tertiary/aromatic N) is 4. The van der Waals surface area contributed by atoms with Crippen molar-refractivity contribution in [2.45, 2.75) is 6.92 Å². The monoisotopic (exact) mass is 281 g/mol. The first-order chi connectivity index (χ1) is 8.95. The van der Waals surface area contributed by atoms with Crippen LogP contribution in [0.25, 0.3) is 0 Å². The van der Waals surface area contributed by atoms with Gasteiger partial charge in [-0.2, -0.15) is 15.0 Å². The fourth-order valence-electron chi connectivity index (χ4n) is 1.34. The topological polar surface area (TPSA) is 117 Å². The van der Waals surface area contributed by atoms with Crippen LogP contribution < -0.4 is 10.5 Å². The third kappa shape index (κ3) is 3.05. The molecule has 0 amide bonds. The smallest absolute Gasteiger partial charge is 0.328 e. The molecule has 2 rings (SSSR count). The quantitative estimate of drug-likeness (QED) is 0.676. The maximum atomic E-state index is 10.9. The molecule has 0 saturated carbocycles. The average molecular weight is 282 g/mol. The van der Waals surface area contributed by atoms with E-state index >= 15 is 0 Å². The van der Waals surface area contributed by atoms with Crippen molar-refractivity contribution in [2.24, 2.45) is 0 Å². The van der Waals surface area contributed by atoms with Gasteiger partial charge in [0.05, 0.1) is 4.92 Å². The van der Waals surface area contributed by atoms with Crippen LogP contribution >= 0.6 is 11.6 Å². The molecule has 0 atom stereocenters. The zero-order chi connectivity index (χ0) is 14.0. The van der Waals surface area contributed by atoms with Gasteiger partial charge in [-0.05, 0) is 30.2 Å². The number of nitro groups is 1. The summed E-state index contributed by atoms with van der Waals surface area (Å²) < 4.78 is 5.24. The van der Waals surface area contributed by atoms with Crippen molar-refractivity contribution in [1.29, 1.82) is 0 Å². The molecule has 0 radical (unpaired) electrons. The highest BCUT2D eigenvalue weighted by atomic mass is 35.5. The van der Waals surface area contributed by atoms with Gasteiger partial charge in [0.1, 0.15) is 0 Å². The van der Waals surface area contributed by atoms with Gasteiger partial charge in [0, 0.05) is 6.07 Å². The summed E-state index contributed by atoms with van der Waals surface area (Å²) in [7, 11) is 0. The molecule has 8 nitrogen and oxygen atoms in total. The van der Waals surface area contributed by atoms with Gasteiger partial charge in [0.2, 0.25) is 17.0 Å². The van der Waals surface area contributed by atoms with E-state index in [9.17, 15) is 10.1 Å². The molecule has 0 unspecified atom stereocenters. The summed E-state index contributed by atoms with van der Waals surface area (Å²) in [5.41, 5.74) is 5.96. The molecule has 2 aromatic rings. The summed E-state index contributed by atoms with van der Waals surface area (Å²) in [6.07, 6.45) is 0. The zero-order valence-electron chi connectivity index (χ0n) is 9.70. The van der Waals surface area contributed by atoms with E-state index in [0.717, 1.165) is 5.56 Å². The van der Waals surface area contributed by atoms with Gasteiger partial charge in [-0.3, -0.25) is 10.1 Å². The summed E-state index contributed by atoms with van der Waals surface area (Å²) in [4.78, 5) is 21.2. The number of nitro benzene ring substituents is 1. The number of hydrogen-bond donors (Lipinski definition) is 1. The van der Waals surface area contributed by atoms with E-state index in [2.05, 4.69) is 15.0 Å². The van der Waals surface area contributed by atoms with E-state index in [1.54, 1.807) is 13.0 Å². The SMILES string of the molecule is Cc1ccc([N+](=O)[O-])c(Oc2nc(N)nc(Cl)n2)c1. The maximum Gasteiger partial charge on any atom is 0.328 e. The second kappa shape index (κ2) is 5.02. The molecule has 19 heavy (non-hydrogen) atoms. The predicted molar refractivity (Wildman–Crippen MR) is 67.2 cm³/mol. The number of hydrogen-bond acceptors (Lipinski definition) is 7. The van der Waals surface area contributed by atoms with Crippen molar-refractivity contribution >= 4 is 23.2 Å². The highest BCUT2D eigenvalue weighted by Gasteiger charge is 2.17. The summed E-state index contributed by atoms with van der Waals surface area (Å²) >= 11 is 5.59. The molecule has 0 aliphatic rings. The number of aryl methyl sites for hydroxylation is 1. The Hall–Kier alpha value is -2.48. The second-order valence-electron chi connectivity index (χ2n) is 3.58. The van der Waals surface area contributed by atoms with Crippen molar-refractivity contribution in [3.05, 3.63) is 39.2 Å². The summed E-state index contributed by atoms with van der Waals surface area (Å²) in [6, 6.07) is 4.22. The first-order valence-corrected chi connectivity index (χ1v) is 5.43. The third-order valence-electron chi connectivity index (χ3n) is 2.12. The van der Waals surface area contributed by atoms with E-state index < -0.39 is 4.92 Å². The van der Waals surface area contributed by atoms with Crippen LogP contribution in [0.1, 0.15) is 5.56 Å². The maximum absolute atomic E-state index is 10.9. The fourth-order valence-corrected chi connectivity index (χ4v) is 1.50. The molecule has 98 valence electrons. The van der Waals surface area contributed by atoms with Crippen molar-refractivity contribution in [3.8, 4) is 11.8 Å². The van der Waals surface area contributed by atoms with Gasteiger partial charge in [0.25, 0.3) is 0 Å². The molecule has 0 fully saturated rings. The van der Waals surface area contributed by atoms with Crippen molar-refractivity contribution in [2.75, 3.05) is 5.73 Å². The number of benzene rings is 1. The highest BCUT2D eigenvalue weighted by Crippen LogP contribution is 2.31. The minimum Gasteiger partial charge on any atom is -0.417 e. The summed E-state index contributed by atoms with van der Waals surface area (Å²) in [5.74, 6) is -0.128. The Balaban J connectivity index is 2.42. The average Bonchev–Trinajstić information content (AvgIpc) is 2.26. The van der Waals surface area contributed by atoms with Gasteiger partial charge < -0.3 is 10.5 Å². The number of rotatable bonds is 3. The predicted octanol–water partition coefficient (Wildman–Crippen LogP) is 2.12. The van der Waals surface area contributed by atoms with Crippen LogP contribution in [0.4, 0.5) is 11.6 Å². The third-order valence-corrected chi connectivity index (χ3v) is 2.29. The minimum atomic E-state index is -0.569. The lowest BCUT2D eigenvalue weighted by atomic mass is 10.2. The van der Waals surface area contributed by atoms with Gasteiger partial charge in [-0.15, -0.1) is 0 Å². The number of nitrogens with two attached hydrogens (primary N) is 1. The van der Waals surface area contributed by atoms with Crippen LogP contribution in [-0.2, 0) is 0 Å². The number of anilines is 1. The molecule has 9 heteroatoms. The van der Waals surface area contributed by atoms with E-state index in [1.807, 2.05) is 0 Å². The van der Waals surface area contributed by atoms with E-state index in [0.29, 0.717) is 0 Å². The normalized spacial score (nSPS) is 10.2. The van der Waals surface area contributed by atoms with E-state index in [1.165, 1.54) is 12.1 Å². The van der Waals surface area contributed by atoms with Crippen LogP contribution in [0, 0.1) is 17.0 Å². The van der Waals surface area contributed by atoms with Gasteiger partial charge >= 0.3 is 11.7 Å². The molecule has 1 aromatic heterocycles. The van der Waals surface area contributed by atoms with Crippen molar-refractivity contribution in [3.63, 3.8) is 0 Å². The Morgan fingerprint density at radius 3 is 2.74 bits per heavy atom. The Labute approximate surface area is 112 Å². The molecular formula is C10H8ClN5O3. The van der Waals surface area contributed by atoms with Crippen molar-refractivity contribution in [1.82, 2.24) is 15.0 Å². The first-order valence-electron chi connectivity index (χ1n) is 5.05. The molecule has 1 heterocycles. The van der Waals surface area contributed by atoms with Gasteiger partial charge in [0.15, 0.2) is 0 Å². The van der Waals surface area contributed by atoms with Gasteiger partial charge in [-0.25, -0.2) is 0 Å². The number of halogens is 1. The zero-order valence-corrected chi connectivity index (χ0v) is 10.5. The Morgan fingerprint density at radius 1 is 1.37 bits per heavy atom. The lowest BCUT2D eigenvalue weighted by molar-refractivity contribution is -0.385. The Kier molecular flexibility index (Phi) is 3.43. The number of ether oxygens (including phenoxy) is 1. The molecule has 0 spiro atoms. The van der Waals surface area contributed by atoms with Crippen LogP contribution in [0.2, 0.25) is 5.28 Å². The molecule has 0 bridgehead atoms. The summed E-state index contributed by atoms with van der Waals surface area (Å²) in [6.45, 7) is 1.77. The molecule has 0 aliphatic heterocycles. The van der Waals surface area contributed by atoms with Crippen LogP contribution in [-0.4, -0.2) is 19.9 Å². The van der Waals surface area contributed by atoms with Crippen molar-refractivity contribution < 1.29 is 9.66 Å². The minimum absolute atomic E-state index is 0.00617. The molecule has 1 aromatic carbocycles. The molecule has 0 aliphatic carbocycles. The highest BCUT2D eigenvalue weighted by molar-refractivity contribution is 6.28. The van der Waals surface area contributed by atoms with Crippen LogP contribution in [0.5, 0.6) is 11.8 Å². The lowest BCUT2D eigenvalue weighted by Crippen LogP contribution is -2.01. The molecule has 0 saturated heterocycles.